The summed E-state index contributed by atoms with van der Waals surface area (Å²) in [6.45, 7) is 1.51. The summed E-state index contributed by atoms with van der Waals surface area (Å²) >= 11 is 0. The normalized spacial score (nSPS) is 10.1. The highest BCUT2D eigenvalue weighted by atomic mass is 16.2. The Labute approximate surface area is 145 Å². The van der Waals surface area contributed by atoms with E-state index in [1.807, 2.05) is 24.3 Å². The summed E-state index contributed by atoms with van der Waals surface area (Å²) in [5, 5.41) is 5.81. The molecule has 0 saturated carbocycles. The molecule has 0 aliphatic rings. The third-order valence-corrected chi connectivity index (χ3v) is 3.46. The molecule has 6 nitrogen and oxygen atoms in total. The molecule has 2 N–H and O–H groups in total. The average Bonchev–Trinajstić information content (AvgIpc) is 2.63. The average molecular weight is 332 g/mol. The number of carbonyl (C=O) groups excluding carboxylic acids is 2. The fourth-order valence-corrected chi connectivity index (χ4v) is 2.19. The van der Waals surface area contributed by atoms with Crippen molar-refractivity contribution in [1.82, 2.24) is 9.97 Å². The molecule has 0 aliphatic heterocycles. The Morgan fingerprint density at radius 2 is 1.64 bits per heavy atom. The van der Waals surface area contributed by atoms with Gasteiger partial charge in [0.2, 0.25) is 0 Å². The summed E-state index contributed by atoms with van der Waals surface area (Å²) in [6.07, 6.45) is 2.87. The van der Waals surface area contributed by atoms with Crippen LogP contribution >= 0.6 is 0 Å². The van der Waals surface area contributed by atoms with Crippen molar-refractivity contribution in [2.45, 2.75) is 6.92 Å². The standard InChI is InChI=1S/C19H16N4O2/c1-13(24)14-6-5-9-16(10-14)22-18-12-20-17(11-21-18)19(25)23-15-7-3-2-4-8-15/h2-12H,1H3,(H,21,22)(H,23,25). The molecule has 0 aliphatic carbocycles. The fourth-order valence-electron chi connectivity index (χ4n) is 2.19. The van der Waals surface area contributed by atoms with Crippen molar-refractivity contribution in [3.8, 4) is 0 Å². The van der Waals surface area contributed by atoms with Gasteiger partial charge in [-0.05, 0) is 31.2 Å². The number of ketones is 1. The van der Waals surface area contributed by atoms with E-state index in [0.29, 0.717) is 17.1 Å². The van der Waals surface area contributed by atoms with E-state index >= 15 is 0 Å². The number of carbonyl (C=O) groups is 2. The number of aromatic nitrogens is 2. The number of hydrogen-bond acceptors (Lipinski definition) is 5. The number of benzene rings is 2. The molecule has 2 aromatic carbocycles. The molecular weight excluding hydrogens is 316 g/mol. The van der Waals surface area contributed by atoms with Gasteiger partial charge in [-0.25, -0.2) is 9.97 Å². The number of anilines is 3. The van der Waals surface area contributed by atoms with Gasteiger partial charge in [-0.1, -0.05) is 30.3 Å². The quantitative estimate of drug-likeness (QED) is 0.696. The van der Waals surface area contributed by atoms with Gasteiger partial charge in [0.25, 0.3) is 5.91 Å². The number of hydrogen-bond donors (Lipinski definition) is 2. The van der Waals surface area contributed by atoms with Crippen molar-refractivity contribution in [3.63, 3.8) is 0 Å². The summed E-state index contributed by atoms with van der Waals surface area (Å²) in [5.74, 6) is 0.142. The lowest BCUT2D eigenvalue weighted by Gasteiger charge is -2.07. The molecule has 124 valence electrons. The number of rotatable bonds is 5. The highest BCUT2D eigenvalue weighted by molar-refractivity contribution is 6.02. The van der Waals surface area contributed by atoms with Crippen LogP contribution in [0.15, 0.2) is 67.0 Å². The number of para-hydroxylation sites is 1. The molecule has 3 rings (SSSR count). The maximum absolute atomic E-state index is 12.1. The van der Waals surface area contributed by atoms with Gasteiger partial charge < -0.3 is 10.6 Å². The second-order valence-corrected chi connectivity index (χ2v) is 5.37. The van der Waals surface area contributed by atoms with Gasteiger partial charge in [0.1, 0.15) is 11.5 Å². The van der Waals surface area contributed by atoms with Crippen LogP contribution in [0.5, 0.6) is 0 Å². The molecule has 0 fully saturated rings. The minimum Gasteiger partial charge on any atom is -0.339 e. The lowest BCUT2D eigenvalue weighted by atomic mass is 10.1. The first-order chi connectivity index (χ1) is 12.1. The van der Waals surface area contributed by atoms with Crippen molar-refractivity contribution in [2.75, 3.05) is 10.6 Å². The third kappa shape index (κ3) is 4.26. The van der Waals surface area contributed by atoms with Crippen LogP contribution in [-0.4, -0.2) is 21.7 Å². The van der Waals surface area contributed by atoms with Crippen LogP contribution in [0.25, 0.3) is 0 Å². The van der Waals surface area contributed by atoms with Crippen molar-refractivity contribution in [2.24, 2.45) is 0 Å². The zero-order valence-corrected chi connectivity index (χ0v) is 13.6. The van der Waals surface area contributed by atoms with Gasteiger partial charge in [-0.2, -0.15) is 0 Å². The SMILES string of the molecule is CC(=O)c1cccc(Nc2cnc(C(=O)Nc3ccccc3)cn2)c1. The van der Waals surface area contributed by atoms with Crippen molar-refractivity contribution < 1.29 is 9.59 Å². The second kappa shape index (κ2) is 7.35. The van der Waals surface area contributed by atoms with Crippen molar-refractivity contribution in [1.29, 1.82) is 0 Å². The summed E-state index contributed by atoms with van der Waals surface area (Å²) in [4.78, 5) is 31.9. The Morgan fingerprint density at radius 1 is 0.880 bits per heavy atom. The lowest BCUT2D eigenvalue weighted by molar-refractivity contribution is 0.101. The van der Waals surface area contributed by atoms with Crippen LogP contribution in [0.4, 0.5) is 17.2 Å². The molecular formula is C19H16N4O2. The zero-order chi connectivity index (χ0) is 17.6. The van der Waals surface area contributed by atoms with Crippen LogP contribution in [0.3, 0.4) is 0 Å². The number of amides is 1. The second-order valence-electron chi connectivity index (χ2n) is 5.37. The molecule has 6 heteroatoms. The van der Waals surface area contributed by atoms with Crippen LogP contribution in [-0.2, 0) is 0 Å². The molecule has 1 aromatic heterocycles. The molecule has 3 aromatic rings. The Balaban J connectivity index is 1.69. The fraction of sp³-hybridized carbons (Fsp3) is 0.0526. The Morgan fingerprint density at radius 3 is 2.32 bits per heavy atom. The van der Waals surface area contributed by atoms with E-state index in [1.165, 1.54) is 19.3 Å². The summed E-state index contributed by atoms with van der Waals surface area (Å²) in [7, 11) is 0. The molecule has 25 heavy (non-hydrogen) atoms. The van der Waals surface area contributed by atoms with Gasteiger partial charge in [-0.3, -0.25) is 9.59 Å². The van der Waals surface area contributed by atoms with E-state index in [4.69, 9.17) is 0 Å². The molecule has 1 heterocycles. The van der Waals surface area contributed by atoms with Crippen molar-refractivity contribution in [3.05, 3.63) is 78.2 Å². The topological polar surface area (TPSA) is 84.0 Å². The zero-order valence-electron chi connectivity index (χ0n) is 13.6. The Hall–Kier alpha value is -3.54. The molecule has 1 amide bonds. The highest BCUT2D eigenvalue weighted by Gasteiger charge is 2.09. The predicted octanol–water partition coefficient (Wildman–Crippen LogP) is 3.68. The first kappa shape index (κ1) is 16.3. The molecule has 0 radical (unpaired) electrons. The van der Waals surface area contributed by atoms with Gasteiger partial charge in [0.15, 0.2) is 5.78 Å². The molecule has 0 spiro atoms. The van der Waals surface area contributed by atoms with Gasteiger partial charge in [0.05, 0.1) is 12.4 Å². The van der Waals surface area contributed by atoms with E-state index in [-0.39, 0.29) is 17.4 Å². The van der Waals surface area contributed by atoms with E-state index < -0.39 is 0 Å². The van der Waals surface area contributed by atoms with Gasteiger partial charge in [-0.15, -0.1) is 0 Å². The minimum atomic E-state index is -0.330. The number of nitrogens with one attached hydrogen (secondary N) is 2. The highest BCUT2D eigenvalue weighted by Crippen LogP contribution is 2.16. The predicted molar refractivity (Wildman–Crippen MR) is 96.2 cm³/mol. The molecule has 0 atom stereocenters. The van der Waals surface area contributed by atoms with Crippen LogP contribution in [0, 0.1) is 0 Å². The van der Waals surface area contributed by atoms with E-state index in [9.17, 15) is 9.59 Å². The smallest absolute Gasteiger partial charge is 0.275 e. The van der Waals surface area contributed by atoms with E-state index in [2.05, 4.69) is 20.6 Å². The van der Waals surface area contributed by atoms with Gasteiger partial charge in [0, 0.05) is 16.9 Å². The summed E-state index contributed by atoms with van der Waals surface area (Å²) in [5.41, 5.74) is 2.24. The maximum atomic E-state index is 12.1. The summed E-state index contributed by atoms with van der Waals surface area (Å²) in [6, 6.07) is 16.2. The van der Waals surface area contributed by atoms with Crippen LogP contribution < -0.4 is 10.6 Å². The van der Waals surface area contributed by atoms with Gasteiger partial charge >= 0.3 is 0 Å². The van der Waals surface area contributed by atoms with Crippen molar-refractivity contribution >= 4 is 28.9 Å². The minimum absolute atomic E-state index is 0.0114. The molecule has 0 saturated heterocycles. The van der Waals surface area contributed by atoms with Crippen LogP contribution in [0.1, 0.15) is 27.8 Å². The first-order valence-electron chi connectivity index (χ1n) is 7.68. The van der Waals surface area contributed by atoms with E-state index in [0.717, 1.165) is 5.69 Å². The third-order valence-electron chi connectivity index (χ3n) is 3.46. The Kier molecular flexibility index (Phi) is 4.80. The number of nitrogens with zero attached hydrogens (tertiary/aromatic N) is 2. The molecule has 0 bridgehead atoms. The van der Waals surface area contributed by atoms with Crippen LogP contribution in [0.2, 0.25) is 0 Å². The lowest BCUT2D eigenvalue weighted by Crippen LogP contribution is -2.14. The largest absolute Gasteiger partial charge is 0.339 e. The maximum Gasteiger partial charge on any atom is 0.275 e. The Bertz CT molecular complexity index is 893. The molecule has 0 unspecified atom stereocenters. The van der Waals surface area contributed by atoms with E-state index in [1.54, 1.807) is 30.3 Å². The first-order valence-corrected chi connectivity index (χ1v) is 7.68. The monoisotopic (exact) mass is 332 g/mol. The summed E-state index contributed by atoms with van der Waals surface area (Å²) < 4.78 is 0. The number of Topliss-reactive ketones (excluding diaryl/α,β-unsaturated/α-hetero) is 1.